The lowest BCUT2D eigenvalue weighted by Crippen LogP contribution is -2.42. The van der Waals surface area contributed by atoms with Crippen LogP contribution in [-0.2, 0) is 4.79 Å². The summed E-state index contributed by atoms with van der Waals surface area (Å²) >= 11 is 3.93. The van der Waals surface area contributed by atoms with Crippen molar-refractivity contribution in [3.63, 3.8) is 0 Å². The van der Waals surface area contributed by atoms with Gasteiger partial charge in [0.25, 0.3) is 0 Å². The second kappa shape index (κ2) is 7.18. The predicted octanol–water partition coefficient (Wildman–Crippen LogP) is -0.199. The largest absolute Gasteiger partial charge is 0.368 e. The van der Waals surface area contributed by atoms with Crippen molar-refractivity contribution in [3.8, 4) is 0 Å². The minimum Gasteiger partial charge on any atom is -0.368 e. The fourth-order valence-corrected chi connectivity index (χ4v) is 0.811. The molecule has 62 valence electrons. The maximum atomic E-state index is 10.4. The van der Waals surface area contributed by atoms with Gasteiger partial charge in [0.2, 0.25) is 5.91 Å². The van der Waals surface area contributed by atoms with E-state index in [1.54, 1.807) is 0 Å². The molecular weight excluding hydrogens is 172 g/mol. The summed E-state index contributed by atoms with van der Waals surface area (Å²) in [6.45, 7) is 2.66. The Bertz CT molecular complexity index is 102. The number of nitrogens with one attached hydrogen (secondary N) is 1. The van der Waals surface area contributed by atoms with E-state index in [0.717, 1.165) is 6.54 Å². The third-order valence-corrected chi connectivity index (χ3v) is 1.34. The Morgan fingerprint density at radius 3 is 2.40 bits per heavy atom. The fourth-order valence-electron chi connectivity index (χ4n) is 0.502. The standard InChI is InChI=1S/C5H12N2OS.ClH/c1-2-7-4(3-9)5(6)8;/h4,7,9H,2-3H2,1H3,(H2,6,8);1H/t4-;/m1./s1. The summed E-state index contributed by atoms with van der Waals surface area (Å²) < 4.78 is 0. The number of hydrogen-bond acceptors (Lipinski definition) is 3. The van der Waals surface area contributed by atoms with E-state index in [9.17, 15) is 4.79 Å². The van der Waals surface area contributed by atoms with Gasteiger partial charge in [0.15, 0.2) is 0 Å². The normalized spacial score (nSPS) is 11.8. The van der Waals surface area contributed by atoms with Crippen molar-refractivity contribution in [2.24, 2.45) is 5.73 Å². The molecule has 0 heterocycles. The molecule has 3 nitrogen and oxygen atoms in total. The molecule has 0 rings (SSSR count). The molecule has 1 atom stereocenters. The van der Waals surface area contributed by atoms with E-state index in [1.807, 2.05) is 6.92 Å². The number of rotatable bonds is 4. The lowest BCUT2D eigenvalue weighted by molar-refractivity contribution is -0.119. The molecule has 0 aromatic heterocycles. The zero-order valence-corrected chi connectivity index (χ0v) is 7.54. The minimum absolute atomic E-state index is 0. The van der Waals surface area contributed by atoms with E-state index >= 15 is 0 Å². The summed E-state index contributed by atoms with van der Waals surface area (Å²) in [5, 5.41) is 2.88. The van der Waals surface area contributed by atoms with Gasteiger partial charge in [-0.3, -0.25) is 4.79 Å². The van der Waals surface area contributed by atoms with Gasteiger partial charge in [-0.05, 0) is 6.54 Å². The van der Waals surface area contributed by atoms with Crippen LogP contribution < -0.4 is 11.1 Å². The molecule has 3 N–H and O–H groups in total. The van der Waals surface area contributed by atoms with Gasteiger partial charge < -0.3 is 11.1 Å². The maximum Gasteiger partial charge on any atom is 0.235 e. The number of thiol groups is 1. The number of carbonyl (C=O) groups is 1. The monoisotopic (exact) mass is 184 g/mol. The van der Waals surface area contributed by atoms with Gasteiger partial charge in [0.1, 0.15) is 0 Å². The number of amides is 1. The Hall–Kier alpha value is 0.0700. The van der Waals surface area contributed by atoms with Crippen LogP contribution in [-0.4, -0.2) is 24.2 Å². The maximum absolute atomic E-state index is 10.4. The van der Waals surface area contributed by atoms with Crippen molar-refractivity contribution < 1.29 is 4.79 Å². The molecule has 10 heavy (non-hydrogen) atoms. The van der Waals surface area contributed by atoms with Crippen LogP contribution in [0.25, 0.3) is 0 Å². The van der Waals surface area contributed by atoms with Crippen molar-refractivity contribution in [3.05, 3.63) is 0 Å². The van der Waals surface area contributed by atoms with Crippen LogP contribution in [0.4, 0.5) is 0 Å². The topological polar surface area (TPSA) is 55.1 Å². The number of halogens is 1. The van der Waals surface area contributed by atoms with Crippen LogP contribution in [0, 0.1) is 0 Å². The van der Waals surface area contributed by atoms with Crippen molar-refractivity contribution in [1.82, 2.24) is 5.32 Å². The lowest BCUT2D eigenvalue weighted by Gasteiger charge is -2.09. The zero-order valence-electron chi connectivity index (χ0n) is 5.83. The highest BCUT2D eigenvalue weighted by atomic mass is 35.5. The molecule has 0 aliphatic rings. The Balaban J connectivity index is 0. The van der Waals surface area contributed by atoms with Gasteiger partial charge in [-0.25, -0.2) is 0 Å². The number of nitrogens with two attached hydrogens (primary N) is 1. The Morgan fingerprint density at radius 1 is 1.80 bits per heavy atom. The van der Waals surface area contributed by atoms with Crippen molar-refractivity contribution in [2.75, 3.05) is 12.3 Å². The molecule has 0 saturated carbocycles. The molecule has 0 radical (unpaired) electrons. The number of hydrogen-bond donors (Lipinski definition) is 3. The van der Waals surface area contributed by atoms with E-state index in [4.69, 9.17) is 5.73 Å². The first-order valence-electron chi connectivity index (χ1n) is 2.86. The number of carbonyl (C=O) groups excluding carboxylic acids is 1. The van der Waals surface area contributed by atoms with E-state index in [-0.39, 0.29) is 24.4 Å². The molecule has 1 amide bonds. The Kier molecular flexibility index (Phi) is 9.13. The molecule has 0 aliphatic heterocycles. The molecular formula is C5H13ClN2OS. The van der Waals surface area contributed by atoms with Gasteiger partial charge in [-0.2, -0.15) is 12.6 Å². The summed E-state index contributed by atoms with van der Waals surface area (Å²) in [6, 6.07) is -0.279. The molecule has 0 bridgehead atoms. The van der Waals surface area contributed by atoms with Crippen molar-refractivity contribution in [2.45, 2.75) is 13.0 Å². The lowest BCUT2D eigenvalue weighted by atomic mass is 10.3. The fraction of sp³-hybridized carbons (Fsp3) is 0.800. The molecule has 0 aromatic rings. The van der Waals surface area contributed by atoms with Crippen molar-refractivity contribution in [1.29, 1.82) is 0 Å². The van der Waals surface area contributed by atoms with Gasteiger partial charge in [-0.1, -0.05) is 6.92 Å². The zero-order chi connectivity index (χ0) is 7.28. The molecule has 0 aliphatic carbocycles. The SMILES string of the molecule is CCN[C@H](CS)C(N)=O.Cl. The summed E-state index contributed by atoms with van der Waals surface area (Å²) in [5.41, 5.74) is 4.98. The van der Waals surface area contributed by atoms with E-state index in [1.165, 1.54) is 0 Å². The van der Waals surface area contributed by atoms with E-state index in [0.29, 0.717) is 5.75 Å². The van der Waals surface area contributed by atoms with Crippen LogP contribution in [0.5, 0.6) is 0 Å². The molecule has 0 aromatic carbocycles. The highest BCUT2D eigenvalue weighted by Gasteiger charge is 2.09. The van der Waals surface area contributed by atoms with Gasteiger partial charge in [0.05, 0.1) is 6.04 Å². The van der Waals surface area contributed by atoms with Crippen LogP contribution in [0.2, 0.25) is 0 Å². The summed E-state index contributed by atoms with van der Waals surface area (Å²) in [6.07, 6.45) is 0. The molecule has 0 spiro atoms. The highest BCUT2D eigenvalue weighted by molar-refractivity contribution is 7.80. The van der Waals surface area contributed by atoms with Crippen LogP contribution in [0.15, 0.2) is 0 Å². The van der Waals surface area contributed by atoms with E-state index < -0.39 is 0 Å². The average Bonchev–Trinajstić information content (AvgIpc) is 1.82. The summed E-state index contributed by atoms with van der Waals surface area (Å²) in [4.78, 5) is 10.4. The Morgan fingerprint density at radius 2 is 2.30 bits per heavy atom. The quantitative estimate of drug-likeness (QED) is 0.531. The van der Waals surface area contributed by atoms with Gasteiger partial charge in [-0.15, -0.1) is 12.4 Å². The van der Waals surface area contributed by atoms with Crippen LogP contribution in [0.1, 0.15) is 6.92 Å². The number of primary amides is 1. The average molecular weight is 185 g/mol. The molecule has 0 fully saturated rings. The minimum atomic E-state index is -0.341. The van der Waals surface area contributed by atoms with Gasteiger partial charge >= 0.3 is 0 Å². The summed E-state index contributed by atoms with van der Waals surface area (Å²) in [5.74, 6) is 0.121. The molecule has 0 unspecified atom stereocenters. The smallest absolute Gasteiger partial charge is 0.235 e. The van der Waals surface area contributed by atoms with Crippen LogP contribution >= 0.6 is 25.0 Å². The first kappa shape index (κ1) is 12.7. The molecule has 0 saturated heterocycles. The Labute approximate surface area is 72.6 Å². The predicted molar refractivity (Wildman–Crippen MR) is 47.8 cm³/mol. The van der Waals surface area contributed by atoms with Crippen molar-refractivity contribution >= 4 is 30.9 Å². The second-order valence-corrected chi connectivity index (χ2v) is 2.06. The second-order valence-electron chi connectivity index (χ2n) is 1.70. The first-order valence-corrected chi connectivity index (χ1v) is 3.49. The van der Waals surface area contributed by atoms with Crippen LogP contribution in [0.3, 0.4) is 0 Å². The number of likely N-dealkylation sites (N-methyl/N-ethyl adjacent to an activating group) is 1. The van der Waals surface area contributed by atoms with E-state index in [2.05, 4.69) is 17.9 Å². The summed E-state index contributed by atoms with van der Waals surface area (Å²) in [7, 11) is 0. The highest BCUT2D eigenvalue weighted by Crippen LogP contribution is 1.84. The van der Waals surface area contributed by atoms with Gasteiger partial charge in [0, 0.05) is 5.75 Å². The third kappa shape index (κ3) is 4.90. The first-order chi connectivity index (χ1) is 4.22. The molecule has 5 heteroatoms. The third-order valence-electron chi connectivity index (χ3n) is 0.977.